The van der Waals surface area contributed by atoms with Gasteiger partial charge in [-0.15, -0.1) is 0 Å². The van der Waals surface area contributed by atoms with Crippen LogP contribution in [0.5, 0.6) is 5.75 Å². The van der Waals surface area contributed by atoms with Crippen LogP contribution >= 0.6 is 34.8 Å². The van der Waals surface area contributed by atoms with E-state index in [2.05, 4.69) is 10.1 Å². The Morgan fingerprint density at radius 3 is 2.33 bits per heavy atom. The third kappa shape index (κ3) is 5.22. The van der Waals surface area contributed by atoms with Crippen LogP contribution in [0.1, 0.15) is 10.4 Å². The van der Waals surface area contributed by atoms with Gasteiger partial charge in [-0.05, 0) is 24.3 Å². The average molecular weight is 434 g/mol. The van der Waals surface area contributed by atoms with Crippen molar-refractivity contribution in [2.45, 2.75) is 0 Å². The molecule has 0 atom stereocenters. The minimum Gasteiger partial charge on any atom is -0.477 e. The van der Waals surface area contributed by atoms with Gasteiger partial charge in [0.15, 0.2) is 12.4 Å². The molecule has 27 heavy (non-hydrogen) atoms. The number of nitrogens with zero attached hydrogens (tertiary/aromatic N) is 1. The molecular weight excluding hydrogens is 423 g/mol. The van der Waals surface area contributed by atoms with Gasteiger partial charge in [0.05, 0.1) is 33.3 Å². The average Bonchev–Trinajstić information content (AvgIpc) is 2.62. The molecule has 8 nitrogen and oxygen atoms in total. The molecule has 2 aromatic rings. The second-order valence-electron chi connectivity index (χ2n) is 5.01. The van der Waals surface area contributed by atoms with E-state index in [4.69, 9.17) is 39.5 Å². The molecule has 0 bridgehead atoms. The highest BCUT2D eigenvalue weighted by atomic mass is 35.5. The zero-order valence-corrected chi connectivity index (χ0v) is 15.9. The Hall–Kier alpha value is -2.55. The number of hydrogen-bond donors (Lipinski definition) is 1. The van der Waals surface area contributed by atoms with Gasteiger partial charge in [0.25, 0.3) is 5.91 Å². The Balaban J connectivity index is 2.13. The fraction of sp³-hybridized carbons (Fsp3) is 0.125. The molecule has 0 saturated heterocycles. The van der Waals surface area contributed by atoms with Crippen molar-refractivity contribution in [3.63, 3.8) is 0 Å². The molecule has 0 heterocycles. The van der Waals surface area contributed by atoms with Crippen molar-refractivity contribution in [1.29, 1.82) is 0 Å². The Labute approximate surface area is 168 Å². The number of hydrogen-bond acceptors (Lipinski definition) is 6. The summed E-state index contributed by atoms with van der Waals surface area (Å²) in [6.07, 6.45) is 0. The lowest BCUT2D eigenvalue weighted by Crippen LogP contribution is -2.21. The van der Waals surface area contributed by atoms with E-state index >= 15 is 0 Å². The first kappa shape index (κ1) is 20.8. The summed E-state index contributed by atoms with van der Waals surface area (Å²) in [5.74, 6) is -1.60. The van der Waals surface area contributed by atoms with E-state index < -0.39 is 29.1 Å². The van der Waals surface area contributed by atoms with Gasteiger partial charge < -0.3 is 14.8 Å². The van der Waals surface area contributed by atoms with Gasteiger partial charge in [-0.1, -0.05) is 34.8 Å². The van der Waals surface area contributed by atoms with Gasteiger partial charge in [0.2, 0.25) is 0 Å². The summed E-state index contributed by atoms with van der Waals surface area (Å²) in [6, 6.07) is 6.24. The van der Waals surface area contributed by atoms with Crippen molar-refractivity contribution < 1.29 is 24.0 Å². The van der Waals surface area contributed by atoms with E-state index in [-0.39, 0.29) is 27.0 Å². The zero-order valence-electron chi connectivity index (χ0n) is 13.6. The number of carbonyl (C=O) groups excluding carboxylic acids is 2. The molecule has 142 valence electrons. The van der Waals surface area contributed by atoms with E-state index in [0.29, 0.717) is 5.02 Å². The third-order valence-electron chi connectivity index (χ3n) is 3.21. The molecular formula is C16H11Cl3N2O6. The normalized spacial score (nSPS) is 10.2. The van der Waals surface area contributed by atoms with E-state index in [9.17, 15) is 19.7 Å². The second kappa shape index (κ2) is 8.90. The van der Waals surface area contributed by atoms with Crippen molar-refractivity contribution in [2.75, 3.05) is 19.0 Å². The molecule has 2 aromatic carbocycles. The Morgan fingerprint density at radius 1 is 1.15 bits per heavy atom. The summed E-state index contributed by atoms with van der Waals surface area (Å²) in [7, 11) is 1.15. The maximum atomic E-state index is 12.0. The minimum atomic E-state index is -0.743. The van der Waals surface area contributed by atoms with Gasteiger partial charge >= 0.3 is 11.7 Å². The topological polar surface area (TPSA) is 108 Å². The number of nitro benzene ring substituents is 1. The monoisotopic (exact) mass is 432 g/mol. The lowest BCUT2D eigenvalue weighted by molar-refractivity contribution is -0.385. The molecule has 1 amide bonds. The predicted molar refractivity (Wildman–Crippen MR) is 100 cm³/mol. The molecule has 0 fully saturated rings. The predicted octanol–water partition coefficient (Wildman–Crippen LogP) is 4.36. The number of amides is 1. The summed E-state index contributed by atoms with van der Waals surface area (Å²) in [6.45, 7) is -0.562. The highest BCUT2D eigenvalue weighted by molar-refractivity contribution is 6.42. The summed E-state index contributed by atoms with van der Waals surface area (Å²) < 4.78 is 9.69. The molecule has 2 rings (SSSR count). The second-order valence-corrected chi connectivity index (χ2v) is 6.26. The summed E-state index contributed by atoms with van der Waals surface area (Å²) in [5, 5.41) is 14.1. The lowest BCUT2D eigenvalue weighted by Gasteiger charge is -2.11. The maximum absolute atomic E-state index is 12.0. The molecule has 0 spiro atoms. The number of ether oxygens (including phenoxy) is 2. The van der Waals surface area contributed by atoms with Crippen LogP contribution in [0.3, 0.4) is 0 Å². The number of rotatable bonds is 6. The number of benzene rings is 2. The smallest absolute Gasteiger partial charge is 0.338 e. The third-order valence-corrected chi connectivity index (χ3v) is 4.02. The molecule has 1 N–H and O–H groups in total. The molecule has 0 unspecified atom stereocenters. The van der Waals surface area contributed by atoms with Crippen molar-refractivity contribution in [3.8, 4) is 5.75 Å². The van der Waals surface area contributed by atoms with E-state index in [1.165, 1.54) is 24.3 Å². The van der Waals surface area contributed by atoms with Crippen LogP contribution in [-0.4, -0.2) is 30.5 Å². The minimum absolute atomic E-state index is 0.0271. The summed E-state index contributed by atoms with van der Waals surface area (Å²) >= 11 is 17.7. The first-order valence-corrected chi connectivity index (χ1v) is 8.30. The van der Waals surface area contributed by atoms with E-state index in [1.54, 1.807) is 0 Å². The van der Waals surface area contributed by atoms with Crippen LogP contribution in [0, 0.1) is 10.1 Å². The Morgan fingerprint density at radius 2 is 1.78 bits per heavy atom. The quantitative estimate of drug-likeness (QED) is 0.412. The Kier molecular flexibility index (Phi) is 6.84. The largest absolute Gasteiger partial charge is 0.477 e. The van der Waals surface area contributed by atoms with Crippen molar-refractivity contribution in [3.05, 3.63) is 61.1 Å². The van der Waals surface area contributed by atoms with Crippen LogP contribution < -0.4 is 10.1 Å². The van der Waals surface area contributed by atoms with Gasteiger partial charge in [0.1, 0.15) is 0 Å². The van der Waals surface area contributed by atoms with E-state index in [0.717, 1.165) is 13.2 Å². The fourth-order valence-corrected chi connectivity index (χ4v) is 2.92. The number of nitrogens with one attached hydrogen (secondary N) is 1. The van der Waals surface area contributed by atoms with Crippen LogP contribution in [0.15, 0.2) is 30.3 Å². The van der Waals surface area contributed by atoms with Crippen LogP contribution in [0.2, 0.25) is 15.1 Å². The molecule has 0 aliphatic carbocycles. The van der Waals surface area contributed by atoms with E-state index in [1.807, 2.05) is 0 Å². The van der Waals surface area contributed by atoms with Gasteiger partial charge in [0, 0.05) is 11.1 Å². The van der Waals surface area contributed by atoms with Crippen molar-refractivity contribution >= 4 is 58.1 Å². The number of nitro groups is 1. The van der Waals surface area contributed by atoms with Crippen LogP contribution in [0.25, 0.3) is 0 Å². The number of methoxy groups -OCH3 is 1. The zero-order chi connectivity index (χ0) is 20.1. The molecule has 0 aliphatic heterocycles. The van der Waals surface area contributed by atoms with Crippen LogP contribution in [-0.2, 0) is 9.53 Å². The van der Waals surface area contributed by atoms with Gasteiger partial charge in [-0.2, -0.15) is 0 Å². The molecule has 0 radical (unpaired) electrons. The standard InChI is InChI=1S/C16H11Cl3N2O6/c1-26-16(23)8-2-3-13(12(4-8)21(24)25)27-7-14(22)20-15-10(18)5-9(17)6-11(15)19/h2-6H,7H2,1H3,(H,20,22). The lowest BCUT2D eigenvalue weighted by atomic mass is 10.2. The molecule has 0 aliphatic rings. The highest BCUT2D eigenvalue weighted by Crippen LogP contribution is 2.34. The number of halogens is 3. The number of carbonyl (C=O) groups is 2. The highest BCUT2D eigenvalue weighted by Gasteiger charge is 2.20. The van der Waals surface area contributed by atoms with Crippen molar-refractivity contribution in [1.82, 2.24) is 0 Å². The summed E-state index contributed by atoms with van der Waals surface area (Å²) in [5.41, 5.74) is -0.388. The molecule has 0 saturated carbocycles. The number of esters is 1. The van der Waals surface area contributed by atoms with Gasteiger partial charge in [-0.25, -0.2) is 4.79 Å². The molecule has 0 aromatic heterocycles. The van der Waals surface area contributed by atoms with Crippen LogP contribution in [0.4, 0.5) is 11.4 Å². The first-order chi connectivity index (χ1) is 12.7. The van der Waals surface area contributed by atoms with Crippen molar-refractivity contribution in [2.24, 2.45) is 0 Å². The maximum Gasteiger partial charge on any atom is 0.338 e. The SMILES string of the molecule is COC(=O)c1ccc(OCC(=O)Nc2c(Cl)cc(Cl)cc2Cl)c([N+](=O)[O-])c1. The summed E-state index contributed by atoms with van der Waals surface area (Å²) in [4.78, 5) is 33.9. The fourth-order valence-electron chi connectivity index (χ4n) is 2.01. The first-order valence-electron chi connectivity index (χ1n) is 7.17. The number of anilines is 1. The Bertz CT molecular complexity index is 896. The molecule has 11 heteroatoms. The van der Waals surface area contributed by atoms with Gasteiger partial charge in [-0.3, -0.25) is 14.9 Å².